The molecule has 4 amide bonds. The summed E-state index contributed by atoms with van der Waals surface area (Å²) >= 11 is 8.21. The van der Waals surface area contributed by atoms with Gasteiger partial charge in [0.2, 0.25) is 23.6 Å². The Bertz CT molecular complexity index is 731. The van der Waals surface area contributed by atoms with Gasteiger partial charge in [0.05, 0.1) is 6.42 Å². The minimum Gasteiger partial charge on any atom is -0.456 e. The first-order valence-corrected chi connectivity index (χ1v) is 11.6. The smallest absolute Gasteiger partial charge is 0.326 e. The van der Waals surface area contributed by atoms with E-state index >= 15 is 0 Å². The molecule has 12 heteroatoms. The third-order valence-corrected chi connectivity index (χ3v) is 5.18. The number of cyclic esters (lactones) is 1. The van der Waals surface area contributed by atoms with Crippen molar-refractivity contribution in [1.29, 1.82) is 0 Å². The highest BCUT2D eigenvalue weighted by Crippen LogP contribution is 2.06. The number of rotatable bonds is 5. The van der Waals surface area contributed by atoms with Gasteiger partial charge >= 0.3 is 5.97 Å². The average molecular weight is 489 g/mol. The van der Waals surface area contributed by atoms with E-state index in [0.717, 1.165) is 0 Å². The molecule has 0 aromatic carbocycles. The molecule has 1 rings (SSSR count). The number of amides is 4. The number of carbonyl (C=O) groups is 5. The first-order valence-electron chi connectivity index (χ1n) is 10.3. The van der Waals surface area contributed by atoms with Gasteiger partial charge in [-0.05, 0) is 31.1 Å². The summed E-state index contributed by atoms with van der Waals surface area (Å²) in [6, 6.07) is -2.91. The van der Waals surface area contributed by atoms with E-state index in [4.69, 9.17) is 4.74 Å². The molecular weight excluding hydrogens is 456 g/mol. The van der Waals surface area contributed by atoms with Gasteiger partial charge in [-0.2, -0.15) is 25.3 Å². The monoisotopic (exact) mass is 488 g/mol. The highest BCUT2D eigenvalue weighted by Gasteiger charge is 2.30. The predicted octanol–water partition coefficient (Wildman–Crippen LogP) is -0.646. The highest BCUT2D eigenvalue weighted by atomic mass is 32.1. The zero-order valence-corrected chi connectivity index (χ0v) is 20.2. The maximum Gasteiger partial charge on any atom is 0.326 e. The van der Waals surface area contributed by atoms with Gasteiger partial charge in [-0.15, -0.1) is 0 Å². The van der Waals surface area contributed by atoms with Crippen molar-refractivity contribution in [3.63, 3.8) is 0 Å². The fourth-order valence-electron chi connectivity index (χ4n) is 2.78. The van der Waals surface area contributed by atoms with E-state index in [-0.39, 0.29) is 18.1 Å². The molecule has 1 aliphatic rings. The summed E-state index contributed by atoms with van der Waals surface area (Å²) in [5, 5.41) is 10.1. The lowest BCUT2D eigenvalue weighted by molar-refractivity contribution is -0.148. The van der Waals surface area contributed by atoms with Gasteiger partial charge in [-0.25, -0.2) is 0 Å². The van der Waals surface area contributed by atoms with Gasteiger partial charge in [0.15, 0.2) is 0 Å². The molecule has 1 unspecified atom stereocenters. The van der Waals surface area contributed by atoms with Gasteiger partial charge in [-0.3, -0.25) is 24.0 Å². The first-order chi connectivity index (χ1) is 15.1. The Labute approximate surface area is 198 Å². The Morgan fingerprint density at radius 3 is 2.31 bits per heavy atom. The van der Waals surface area contributed by atoms with Crippen molar-refractivity contribution in [3.05, 3.63) is 12.2 Å². The number of allylic oxidation sites excluding steroid dienone is 1. The zero-order chi connectivity index (χ0) is 24.3. The largest absolute Gasteiger partial charge is 0.456 e. The lowest BCUT2D eigenvalue weighted by Gasteiger charge is -2.26. The standard InChI is InChI=1S/C20H32N4O6S2/c1-11(2)17-20(29)21-9-16(26)30-13(6-4-5-7-31)8-15(25)22-12(3)18(27)23-14(10-32)19(28)24-17/h4,6,11-14,17,31-32H,5,7-10H2,1-3H3,(H,21,29)(H,22,25)(H,23,27)(H,24,28)/b6-4+/t12-,13?,14-,17-/m0/s1. The molecule has 4 atom stereocenters. The topological polar surface area (TPSA) is 143 Å². The van der Waals surface area contributed by atoms with Crippen LogP contribution in [0.2, 0.25) is 0 Å². The second kappa shape index (κ2) is 14.0. The van der Waals surface area contributed by atoms with Crippen LogP contribution in [0, 0.1) is 5.92 Å². The molecule has 0 radical (unpaired) electrons. The highest BCUT2D eigenvalue weighted by molar-refractivity contribution is 7.80. The second-order valence-corrected chi connectivity index (χ2v) is 8.47. The lowest BCUT2D eigenvalue weighted by atomic mass is 10.0. The molecule has 10 nitrogen and oxygen atoms in total. The molecule has 0 spiro atoms. The maximum atomic E-state index is 12.6. The molecule has 180 valence electrons. The van der Waals surface area contributed by atoms with Crippen LogP contribution in [0.1, 0.15) is 33.6 Å². The van der Waals surface area contributed by atoms with Crippen LogP contribution >= 0.6 is 25.3 Å². The number of hydrogen-bond acceptors (Lipinski definition) is 8. The van der Waals surface area contributed by atoms with E-state index < -0.39 is 60.4 Å². The second-order valence-electron chi connectivity index (χ2n) is 7.65. The van der Waals surface area contributed by atoms with Crippen molar-refractivity contribution in [3.8, 4) is 0 Å². The van der Waals surface area contributed by atoms with Gasteiger partial charge in [-0.1, -0.05) is 19.9 Å². The third kappa shape index (κ3) is 9.51. The molecular formula is C20H32N4O6S2. The van der Waals surface area contributed by atoms with Crippen molar-refractivity contribution in [2.45, 2.75) is 57.8 Å². The van der Waals surface area contributed by atoms with E-state index in [1.54, 1.807) is 26.0 Å². The molecule has 0 saturated carbocycles. The molecule has 32 heavy (non-hydrogen) atoms. The molecule has 0 bridgehead atoms. The quantitative estimate of drug-likeness (QED) is 0.173. The number of hydrogen-bond donors (Lipinski definition) is 6. The fraction of sp³-hybridized carbons (Fsp3) is 0.650. The summed E-state index contributed by atoms with van der Waals surface area (Å²) in [5.41, 5.74) is 0. The Kier molecular flexibility index (Phi) is 12.2. The van der Waals surface area contributed by atoms with E-state index in [2.05, 4.69) is 46.5 Å². The fourth-order valence-corrected chi connectivity index (χ4v) is 3.19. The Morgan fingerprint density at radius 1 is 1.03 bits per heavy atom. The molecule has 0 aromatic rings. The van der Waals surface area contributed by atoms with Crippen molar-refractivity contribution < 1.29 is 28.7 Å². The van der Waals surface area contributed by atoms with Crippen molar-refractivity contribution in [2.75, 3.05) is 18.1 Å². The summed E-state index contributed by atoms with van der Waals surface area (Å²) in [6.07, 6.45) is 2.80. The van der Waals surface area contributed by atoms with Gasteiger partial charge in [0, 0.05) is 5.75 Å². The average Bonchev–Trinajstić information content (AvgIpc) is 2.72. The SMILES string of the molecule is CC(C)[C@@H]1NC(=O)[C@H](CS)NC(=O)[C@H](C)NC(=O)CC(/C=C/CCS)OC(=O)CNC1=O. The molecule has 1 saturated heterocycles. The summed E-state index contributed by atoms with van der Waals surface area (Å²) < 4.78 is 5.31. The molecule has 0 aromatic heterocycles. The number of carbonyl (C=O) groups excluding carboxylic acids is 5. The molecule has 0 aliphatic carbocycles. The van der Waals surface area contributed by atoms with Crippen LogP contribution in [0.4, 0.5) is 0 Å². The lowest BCUT2D eigenvalue weighted by Crippen LogP contribution is -2.58. The third-order valence-electron chi connectivity index (χ3n) is 4.56. The summed E-state index contributed by atoms with van der Waals surface area (Å²) in [6.45, 7) is 4.50. The van der Waals surface area contributed by atoms with Crippen molar-refractivity contribution in [2.24, 2.45) is 5.92 Å². The number of esters is 1. The van der Waals surface area contributed by atoms with Gasteiger partial charge in [0.25, 0.3) is 0 Å². The molecule has 1 fully saturated rings. The van der Waals surface area contributed by atoms with E-state index in [9.17, 15) is 24.0 Å². The van der Waals surface area contributed by atoms with Gasteiger partial charge < -0.3 is 26.0 Å². The molecule has 4 N–H and O–H groups in total. The maximum absolute atomic E-state index is 12.6. The Hall–Kier alpha value is -2.21. The Morgan fingerprint density at radius 2 is 1.72 bits per heavy atom. The first kappa shape index (κ1) is 27.8. The minimum atomic E-state index is -1.02. The summed E-state index contributed by atoms with van der Waals surface area (Å²) in [5.74, 6) is -2.78. The van der Waals surface area contributed by atoms with Crippen LogP contribution < -0.4 is 21.3 Å². The van der Waals surface area contributed by atoms with Crippen molar-refractivity contribution >= 4 is 54.9 Å². The van der Waals surface area contributed by atoms with E-state index in [1.807, 2.05) is 0 Å². The Balaban J connectivity index is 3.13. The minimum absolute atomic E-state index is 0.0188. The van der Waals surface area contributed by atoms with Gasteiger partial charge in [0.1, 0.15) is 30.8 Å². The van der Waals surface area contributed by atoms with Crippen LogP contribution in [0.3, 0.4) is 0 Å². The zero-order valence-electron chi connectivity index (χ0n) is 18.4. The predicted molar refractivity (Wildman–Crippen MR) is 125 cm³/mol. The van der Waals surface area contributed by atoms with Crippen LogP contribution in [0.5, 0.6) is 0 Å². The molecule has 1 heterocycles. The van der Waals surface area contributed by atoms with E-state index in [1.165, 1.54) is 6.92 Å². The number of ether oxygens (including phenoxy) is 1. The van der Waals surface area contributed by atoms with Crippen LogP contribution in [0.25, 0.3) is 0 Å². The summed E-state index contributed by atoms with van der Waals surface area (Å²) in [4.78, 5) is 62.3. The van der Waals surface area contributed by atoms with Crippen LogP contribution in [-0.2, 0) is 28.7 Å². The molecule has 1 aliphatic heterocycles. The van der Waals surface area contributed by atoms with Crippen LogP contribution in [-0.4, -0.2) is 71.9 Å². The normalized spacial score (nSPS) is 26.9. The van der Waals surface area contributed by atoms with Crippen LogP contribution in [0.15, 0.2) is 12.2 Å². The summed E-state index contributed by atoms with van der Waals surface area (Å²) in [7, 11) is 0. The number of nitrogens with one attached hydrogen (secondary N) is 4. The van der Waals surface area contributed by atoms with E-state index in [0.29, 0.717) is 12.2 Å². The van der Waals surface area contributed by atoms with Crippen molar-refractivity contribution in [1.82, 2.24) is 21.3 Å². The number of thiol groups is 2.